The highest BCUT2D eigenvalue weighted by Gasteiger charge is 2.30. The van der Waals surface area contributed by atoms with Crippen LogP contribution < -0.4 is 10.1 Å². The zero-order valence-corrected chi connectivity index (χ0v) is 9.64. The zero-order valence-electron chi connectivity index (χ0n) is 9.64. The summed E-state index contributed by atoms with van der Waals surface area (Å²) in [6.45, 7) is 2.20. The first-order chi connectivity index (χ1) is 8.22. The Morgan fingerprint density at radius 1 is 1.65 bits per heavy atom. The van der Waals surface area contributed by atoms with E-state index in [4.69, 9.17) is 10.00 Å². The monoisotopic (exact) mass is 230 g/mol. The van der Waals surface area contributed by atoms with Crippen LogP contribution in [0.25, 0.3) is 0 Å². The van der Waals surface area contributed by atoms with Gasteiger partial charge in [-0.1, -0.05) is 18.2 Å². The Balaban J connectivity index is 2.06. The van der Waals surface area contributed by atoms with Gasteiger partial charge in [0.2, 0.25) is 5.91 Å². The summed E-state index contributed by atoms with van der Waals surface area (Å²) in [5, 5.41) is 11.4. The third-order valence-electron chi connectivity index (χ3n) is 2.80. The average Bonchev–Trinajstić information content (AvgIpc) is 2.72. The van der Waals surface area contributed by atoms with Crippen molar-refractivity contribution in [3.05, 3.63) is 29.8 Å². The molecular formula is C13H14N2O2. The molecule has 0 saturated heterocycles. The minimum Gasteiger partial charge on any atom is -0.492 e. The Kier molecular flexibility index (Phi) is 3.29. The van der Waals surface area contributed by atoms with Gasteiger partial charge >= 0.3 is 0 Å². The normalized spacial score (nSPS) is 18.7. The van der Waals surface area contributed by atoms with Crippen molar-refractivity contribution in [2.75, 3.05) is 6.61 Å². The molecule has 1 aliphatic rings. The first-order valence-corrected chi connectivity index (χ1v) is 5.61. The molecule has 4 heteroatoms. The van der Waals surface area contributed by atoms with Crippen LogP contribution in [0.2, 0.25) is 0 Å². The molecule has 0 bridgehead atoms. The van der Waals surface area contributed by atoms with Gasteiger partial charge in [0, 0.05) is 11.6 Å². The van der Waals surface area contributed by atoms with Crippen molar-refractivity contribution in [1.29, 1.82) is 5.26 Å². The van der Waals surface area contributed by atoms with Crippen LogP contribution in [0.1, 0.15) is 24.8 Å². The van der Waals surface area contributed by atoms with Crippen LogP contribution in [0, 0.1) is 11.3 Å². The topological polar surface area (TPSA) is 62.1 Å². The number of nitriles is 1. The van der Waals surface area contributed by atoms with E-state index < -0.39 is 0 Å². The number of fused-ring (bicyclic) bond motifs is 1. The van der Waals surface area contributed by atoms with Gasteiger partial charge in [-0.3, -0.25) is 4.79 Å². The Labute approximate surface area is 100 Å². The van der Waals surface area contributed by atoms with Gasteiger partial charge in [-0.25, -0.2) is 0 Å². The molecule has 88 valence electrons. The van der Waals surface area contributed by atoms with Crippen molar-refractivity contribution in [1.82, 2.24) is 5.32 Å². The molecule has 2 rings (SSSR count). The van der Waals surface area contributed by atoms with Crippen LogP contribution in [0.5, 0.6) is 5.75 Å². The largest absolute Gasteiger partial charge is 0.492 e. The molecule has 0 aromatic heterocycles. The van der Waals surface area contributed by atoms with Gasteiger partial charge in [0.05, 0.1) is 12.5 Å². The van der Waals surface area contributed by atoms with Gasteiger partial charge in [0.25, 0.3) is 0 Å². The van der Waals surface area contributed by atoms with Gasteiger partial charge in [-0.05, 0) is 13.0 Å². The smallest absolute Gasteiger partial charge is 0.231 e. The molecule has 0 saturated carbocycles. The first-order valence-electron chi connectivity index (χ1n) is 5.61. The number of nitrogens with zero attached hydrogens (tertiary/aromatic N) is 1. The molecule has 0 aliphatic carbocycles. The highest BCUT2D eigenvalue weighted by molar-refractivity contribution is 5.85. The SMILES string of the molecule is C[C@@H](CC#N)NC(=O)[C@H]1COc2ccccc21. The van der Waals surface area contributed by atoms with Crippen molar-refractivity contribution < 1.29 is 9.53 Å². The van der Waals surface area contributed by atoms with Crippen LogP contribution in [0.4, 0.5) is 0 Å². The predicted molar refractivity (Wildman–Crippen MR) is 62.5 cm³/mol. The van der Waals surface area contributed by atoms with Crippen molar-refractivity contribution >= 4 is 5.91 Å². The number of nitrogens with one attached hydrogen (secondary N) is 1. The first kappa shape index (κ1) is 11.5. The second-order valence-electron chi connectivity index (χ2n) is 4.17. The summed E-state index contributed by atoms with van der Waals surface area (Å²) in [5.74, 6) is 0.450. The lowest BCUT2D eigenvalue weighted by Gasteiger charge is -2.14. The second-order valence-corrected chi connectivity index (χ2v) is 4.17. The van der Waals surface area contributed by atoms with E-state index in [0.717, 1.165) is 11.3 Å². The number of rotatable bonds is 3. The van der Waals surface area contributed by atoms with Gasteiger partial charge in [-0.2, -0.15) is 5.26 Å². The fraction of sp³-hybridized carbons (Fsp3) is 0.385. The number of hydrogen-bond acceptors (Lipinski definition) is 3. The predicted octanol–water partition coefficient (Wildman–Crippen LogP) is 1.58. The summed E-state index contributed by atoms with van der Waals surface area (Å²) < 4.78 is 5.45. The van der Waals surface area contributed by atoms with Gasteiger partial charge in [0.1, 0.15) is 18.3 Å². The van der Waals surface area contributed by atoms with Gasteiger partial charge in [0.15, 0.2) is 0 Å². The van der Waals surface area contributed by atoms with Crippen LogP contribution >= 0.6 is 0 Å². The Morgan fingerprint density at radius 2 is 2.41 bits per heavy atom. The molecule has 1 N–H and O–H groups in total. The van der Waals surface area contributed by atoms with Crippen molar-refractivity contribution in [3.63, 3.8) is 0 Å². The summed E-state index contributed by atoms with van der Waals surface area (Å²) in [4.78, 5) is 12.0. The summed E-state index contributed by atoms with van der Waals surface area (Å²) in [5.41, 5.74) is 0.925. The minimum atomic E-state index is -0.257. The lowest BCUT2D eigenvalue weighted by atomic mass is 10.00. The molecular weight excluding hydrogens is 216 g/mol. The van der Waals surface area contributed by atoms with Crippen LogP contribution in [0.3, 0.4) is 0 Å². The maximum atomic E-state index is 12.0. The summed E-state index contributed by atoms with van der Waals surface area (Å²) in [6, 6.07) is 9.46. The van der Waals surface area contributed by atoms with Crippen molar-refractivity contribution in [2.24, 2.45) is 0 Å². The van der Waals surface area contributed by atoms with E-state index in [9.17, 15) is 4.79 Å². The van der Waals surface area contributed by atoms with E-state index in [-0.39, 0.29) is 17.9 Å². The average molecular weight is 230 g/mol. The lowest BCUT2D eigenvalue weighted by Crippen LogP contribution is -2.36. The number of hydrogen-bond donors (Lipinski definition) is 1. The third-order valence-corrected chi connectivity index (χ3v) is 2.80. The number of ether oxygens (including phenoxy) is 1. The summed E-state index contributed by atoms with van der Waals surface area (Å²) in [6.07, 6.45) is 0.320. The Bertz CT molecular complexity index is 465. The molecule has 2 atom stereocenters. The lowest BCUT2D eigenvalue weighted by molar-refractivity contribution is -0.123. The fourth-order valence-electron chi connectivity index (χ4n) is 1.91. The second kappa shape index (κ2) is 4.88. The van der Waals surface area contributed by atoms with Crippen molar-refractivity contribution in [2.45, 2.75) is 25.3 Å². The van der Waals surface area contributed by atoms with E-state index in [2.05, 4.69) is 5.32 Å². The molecule has 17 heavy (non-hydrogen) atoms. The number of benzene rings is 1. The summed E-state index contributed by atoms with van der Waals surface area (Å²) in [7, 11) is 0. The maximum Gasteiger partial charge on any atom is 0.231 e. The quantitative estimate of drug-likeness (QED) is 0.857. The highest BCUT2D eigenvalue weighted by Crippen LogP contribution is 2.33. The van der Waals surface area contributed by atoms with Crippen LogP contribution in [-0.2, 0) is 4.79 Å². The maximum absolute atomic E-state index is 12.0. The third kappa shape index (κ3) is 2.39. The Hall–Kier alpha value is -2.02. The molecule has 1 aromatic rings. The minimum absolute atomic E-state index is 0.0716. The Morgan fingerprint density at radius 3 is 3.18 bits per heavy atom. The molecule has 4 nitrogen and oxygen atoms in total. The molecule has 1 heterocycles. The van der Waals surface area contributed by atoms with E-state index in [1.165, 1.54) is 0 Å². The van der Waals surface area contributed by atoms with Crippen molar-refractivity contribution in [3.8, 4) is 11.8 Å². The van der Waals surface area contributed by atoms with Crippen LogP contribution in [-0.4, -0.2) is 18.6 Å². The highest BCUT2D eigenvalue weighted by atomic mass is 16.5. The zero-order chi connectivity index (χ0) is 12.3. The van der Waals surface area contributed by atoms with Crippen LogP contribution in [0.15, 0.2) is 24.3 Å². The summed E-state index contributed by atoms with van der Waals surface area (Å²) >= 11 is 0. The molecule has 0 radical (unpaired) electrons. The number of carbonyl (C=O) groups is 1. The molecule has 0 unspecified atom stereocenters. The molecule has 1 aromatic carbocycles. The van der Waals surface area contributed by atoms with E-state index >= 15 is 0 Å². The van der Waals surface area contributed by atoms with Gasteiger partial charge < -0.3 is 10.1 Å². The van der Waals surface area contributed by atoms with E-state index in [1.54, 1.807) is 0 Å². The number of carbonyl (C=O) groups excluding carboxylic acids is 1. The molecule has 0 fully saturated rings. The van der Waals surface area contributed by atoms with E-state index in [0.29, 0.717) is 13.0 Å². The molecule has 0 spiro atoms. The fourth-order valence-corrected chi connectivity index (χ4v) is 1.91. The number of amides is 1. The molecule has 1 aliphatic heterocycles. The van der Waals surface area contributed by atoms with Gasteiger partial charge in [-0.15, -0.1) is 0 Å². The van der Waals surface area contributed by atoms with E-state index in [1.807, 2.05) is 37.3 Å². The standard InChI is InChI=1S/C13H14N2O2/c1-9(6-7-14)15-13(16)11-8-17-12-5-3-2-4-10(11)12/h2-5,9,11H,6,8H2,1H3,(H,15,16)/t9-,11-/m0/s1. The number of para-hydroxylation sites is 1. The molecule has 1 amide bonds.